The van der Waals surface area contributed by atoms with Crippen LogP contribution in [0.25, 0.3) is 0 Å². The molecule has 17 heavy (non-hydrogen) atoms. The Balaban J connectivity index is 1.79. The van der Waals surface area contributed by atoms with Gasteiger partial charge in [0, 0.05) is 37.7 Å². The average molecular weight is 251 g/mol. The highest BCUT2D eigenvalue weighted by Crippen LogP contribution is 2.19. The molecule has 0 aromatic heterocycles. The zero-order valence-corrected chi connectivity index (χ0v) is 11.2. The summed E-state index contributed by atoms with van der Waals surface area (Å²) in [6.07, 6.45) is 0. The minimum atomic E-state index is 0.838. The van der Waals surface area contributed by atoms with Gasteiger partial charge in [0.25, 0.3) is 0 Å². The lowest BCUT2D eigenvalue weighted by Gasteiger charge is -2.26. The fourth-order valence-corrected chi connectivity index (χ4v) is 2.98. The van der Waals surface area contributed by atoms with Crippen LogP contribution in [0.5, 0.6) is 0 Å². The predicted molar refractivity (Wildman–Crippen MR) is 77.8 cm³/mol. The fraction of sp³-hybridized carbons (Fsp3) is 0.538. The van der Waals surface area contributed by atoms with Crippen LogP contribution in [0.4, 0.5) is 11.4 Å². The number of hydrogen-bond acceptors (Lipinski definition) is 4. The number of aryl methyl sites for hydroxylation is 1. The fourth-order valence-electron chi connectivity index (χ4n) is 2.00. The zero-order chi connectivity index (χ0) is 12.1. The van der Waals surface area contributed by atoms with Gasteiger partial charge in [0.15, 0.2) is 0 Å². The van der Waals surface area contributed by atoms with Crippen molar-refractivity contribution in [2.24, 2.45) is 0 Å². The Morgan fingerprint density at radius 1 is 1.35 bits per heavy atom. The second-order valence-electron chi connectivity index (χ2n) is 4.47. The van der Waals surface area contributed by atoms with Crippen LogP contribution < -0.4 is 11.1 Å². The molecule has 1 saturated heterocycles. The number of nitrogens with two attached hydrogens (primary N) is 1. The molecule has 4 heteroatoms. The number of benzene rings is 1. The third-order valence-corrected chi connectivity index (χ3v) is 4.00. The maximum absolute atomic E-state index is 5.93. The Bertz CT molecular complexity index is 362. The minimum Gasteiger partial charge on any atom is -0.397 e. The van der Waals surface area contributed by atoms with Gasteiger partial charge in [-0.2, -0.15) is 11.8 Å². The molecule has 1 aromatic rings. The SMILES string of the molecule is Cc1ccc(N)c(NCCN2CCSCC2)c1. The van der Waals surface area contributed by atoms with Crippen LogP contribution in [0.1, 0.15) is 5.56 Å². The normalized spacial score (nSPS) is 17.0. The van der Waals surface area contributed by atoms with E-state index in [2.05, 4.69) is 35.0 Å². The van der Waals surface area contributed by atoms with E-state index >= 15 is 0 Å². The first kappa shape index (κ1) is 12.6. The lowest BCUT2D eigenvalue weighted by molar-refractivity contribution is 0.314. The molecule has 1 heterocycles. The van der Waals surface area contributed by atoms with Crippen molar-refractivity contribution in [3.63, 3.8) is 0 Å². The lowest BCUT2D eigenvalue weighted by Crippen LogP contribution is -2.36. The maximum Gasteiger partial charge on any atom is 0.0577 e. The molecule has 1 aliphatic heterocycles. The first-order valence-corrected chi connectivity index (χ1v) is 7.31. The Hall–Kier alpha value is -0.870. The third kappa shape index (κ3) is 3.82. The van der Waals surface area contributed by atoms with E-state index in [4.69, 9.17) is 5.73 Å². The molecular weight excluding hydrogens is 230 g/mol. The van der Waals surface area contributed by atoms with Crippen LogP contribution in [-0.4, -0.2) is 42.6 Å². The summed E-state index contributed by atoms with van der Waals surface area (Å²) in [5, 5.41) is 3.43. The van der Waals surface area contributed by atoms with Crippen molar-refractivity contribution in [3.05, 3.63) is 23.8 Å². The molecule has 0 aliphatic carbocycles. The second kappa shape index (κ2) is 6.17. The molecule has 3 N–H and O–H groups in total. The van der Waals surface area contributed by atoms with E-state index < -0.39 is 0 Å². The van der Waals surface area contributed by atoms with Gasteiger partial charge in [-0.05, 0) is 24.6 Å². The van der Waals surface area contributed by atoms with Gasteiger partial charge in [-0.3, -0.25) is 4.90 Å². The topological polar surface area (TPSA) is 41.3 Å². The summed E-state index contributed by atoms with van der Waals surface area (Å²) in [6.45, 7) is 6.60. The summed E-state index contributed by atoms with van der Waals surface area (Å²) >= 11 is 2.05. The predicted octanol–water partition coefficient (Wildman–Crippen LogP) is 2.04. The molecule has 0 atom stereocenters. The standard InChI is InChI=1S/C13H21N3S/c1-11-2-3-12(14)13(10-11)15-4-5-16-6-8-17-9-7-16/h2-3,10,15H,4-9,14H2,1H3. The van der Waals surface area contributed by atoms with Crippen molar-refractivity contribution in [3.8, 4) is 0 Å². The van der Waals surface area contributed by atoms with E-state index in [0.717, 1.165) is 24.5 Å². The molecule has 0 bridgehead atoms. The molecule has 0 radical (unpaired) electrons. The number of thioether (sulfide) groups is 1. The number of nitrogens with zero attached hydrogens (tertiary/aromatic N) is 1. The largest absolute Gasteiger partial charge is 0.397 e. The summed E-state index contributed by atoms with van der Waals surface area (Å²) in [6, 6.07) is 6.12. The van der Waals surface area contributed by atoms with Gasteiger partial charge in [0.05, 0.1) is 11.4 Å². The van der Waals surface area contributed by atoms with E-state index in [0.29, 0.717) is 0 Å². The maximum atomic E-state index is 5.93. The Morgan fingerprint density at radius 3 is 2.88 bits per heavy atom. The van der Waals surface area contributed by atoms with Crippen LogP contribution in [0.3, 0.4) is 0 Å². The van der Waals surface area contributed by atoms with Crippen LogP contribution >= 0.6 is 11.8 Å². The average Bonchev–Trinajstić information content (AvgIpc) is 2.35. The van der Waals surface area contributed by atoms with Crippen molar-refractivity contribution in [2.75, 3.05) is 48.7 Å². The zero-order valence-electron chi connectivity index (χ0n) is 10.4. The Labute approximate surface area is 108 Å². The van der Waals surface area contributed by atoms with E-state index in [9.17, 15) is 0 Å². The third-order valence-electron chi connectivity index (χ3n) is 3.06. The van der Waals surface area contributed by atoms with Crippen LogP contribution in [0.2, 0.25) is 0 Å². The second-order valence-corrected chi connectivity index (χ2v) is 5.70. The van der Waals surface area contributed by atoms with Gasteiger partial charge >= 0.3 is 0 Å². The molecule has 0 saturated carbocycles. The number of nitrogens with one attached hydrogen (secondary N) is 1. The van der Waals surface area contributed by atoms with E-state index in [-0.39, 0.29) is 0 Å². The molecule has 1 aromatic carbocycles. The molecule has 3 nitrogen and oxygen atoms in total. The number of anilines is 2. The summed E-state index contributed by atoms with van der Waals surface area (Å²) < 4.78 is 0. The van der Waals surface area contributed by atoms with Crippen molar-refractivity contribution in [1.29, 1.82) is 0 Å². The van der Waals surface area contributed by atoms with Gasteiger partial charge in [-0.1, -0.05) is 6.07 Å². The minimum absolute atomic E-state index is 0.838. The monoisotopic (exact) mass is 251 g/mol. The quantitative estimate of drug-likeness (QED) is 0.804. The van der Waals surface area contributed by atoms with Gasteiger partial charge in [-0.25, -0.2) is 0 Å². The van der Waals surface area contributed by atoms with E-state index in [1.54, 1.807) is 0 Å². The van der Waals surface area contributed by atoms with Crippen molar-refractivity contribution >= 4 is 23.1 Å². The molecule has 0 amide bonds. The smallest absolute Gasteiger partial charge is 0.0577 e. The van der Waals surface area contributed by atoms with Gasteiger partial charge < -0.3 is 11.1 Å². The van der Waals surface area contributed by atoms with Crippen LogP contribution in [-0.2, 0) is 0 Å². The van der Waals surface area contributed by atoms with Crippen LogP contribution in [0, 0.1) is 6.92 Å². The number of rotatable bonds is 4. The number of hydrogen-bond donors (Lipinski definition) is 2. The van der Waals surface area contributed by atoms with Crippen molar-refractivity contribution < 1.29 is 0 Å². The number of nitrogen functional groups attached to an aromatic ring is 1. The Kier molecular flexibility index (Phi) is 4.57. The highest BCUT2D eigenvalue weighted by Gasteiger charge is 2.09. The van der Waals surface area contributed by atoms with Gasteiger partial charge in [-0.15, -0.1) is 0 Å². The Morgan fingerprint density at radius 2 is 2.12 bits per heavy atom. The molecular formula is C13H21N3S. The summed E-state index contributed by atoms with van der Waals surface area (Å²) in [5.74, 6) is 2.54. The molecule has 0 unspecified atom stereocenters. The molecule has 0 spiro atoms. The molecule has 1 fully saturated rings. The van der Waals surface area contributed by atoms with Gasteiger partial charge in [0.1, 0.15) is 0 Å². The summed E-state index contributed by atoms with van der Waals surface area (Å²) in [5.41, 5.74) is 9.08. The van der Waals surface area contributed by atoms with E-state index in [1.165, 1.54) is 30.2 Å². The first-order chi connectivity index (χ1) is 8.25. The van der Waals surface area contributed by atoms with E-state index in [1.807, 2.05) is 12.1 Å². The molecule has 2 rings (SSSR count). The van der Waals surface area contributed by atoms with Gasteiger partial charge in [0.2, 0.25) is 0 Å². The van der Waals surface area contributed by atoms with Crippen LogP contribution in [0.15, 0.2) is 18.2 Å². The molecule has 1 aliphatic rings. The summed E-state index contributed by atoms with van der Waals surface area (Å²) in [7, 11) is 0. The van der Waals surface area contributed by atoms with Crippen molar-refractivity contribution in [1.82, 2.24) is 4.90 Å². The first-order valence-electron chi connectivity index (χ1n) is 6.16. The lowest BCUT2D eigenvalue weighted by atomic mass is 10.2. The highest BCUT2D eigenvalue weighted by molar-refractivity contribution is 7.99. The summed E-state index contributed by atoms with van der Waals surface area (Å²) in [4.78, 5) is 2.51. The highest BCUT2D eigenvalue weighted by atomic mass is 32.2. The van der Waals surface area contributed by atoms with Crippen molar-refractivity contribution in [2.45, 2.75) is 6.92 Å². The molecule has 94 valence electrons.